The number of carboxylic acid groups (broad SMARTS) is 1. The van der Waals surface area contributed by atoms with Crippen LogP contribution >= 0.6 is 0 Å². The summed E-state index contributed by atoms with van der Waals surface area (Å²) >= 11 is 0. The summed E-state index contributed by atoms with van der Waals surface area (Å²) in [6, 6.07) is 0. The number of carboxylic acids is 1. The third kappa shape index (κ3) is 2.89. The van der Waals surface area contributed by atoms with Crippen molar-refractivity contribution >= 4 is 12.3 Å². The van der Waals surface area contributed by atoms with Gasteiger partial charge in [0.25, 0.3) is 0 Å². The third-order valence-electron chi connectivity index (χ3n) is 9.87. The second-order valence-electron chi connectivity index (χ2n) is 11.5. The molecule has 4 rings (SSSR count). The molecule has 0 aliphatic heterocycles. The number of hydrogen-bond donors (Lipinski definition) is 1. The molecular weight excluding hydrogens is 388 g/mol. The molecule has 3 fully saturated rings. The molecule has 7 atom stereocenters. The van der Waals surface area contributed by atoms with Gasteiger partial charge in [-0.15, -0.1) is 0 Å². The van der Waals surface area contributed by atoms with Gasteiger partial charge in [-0.3, -0.25) is 4.79 Å². The Labute approximate surface area is 188 Å². The Morgan fingerprint density at radius 3 is 2.61 bits per heavy atom. The van der Waals surface area contributed by atoms with Crippen LogP contribution in [-0.4, -0.2) is 30.6 Å². The van der Waals surface area contributed by atoms with Crippen molar-refractivity contribution in [2.45, 2.75) is 85.5 Å². The van der Waals surface area contributed by atoms with Gasteiger partial charge in [0, 0.05) is 12.0 Å². The molecule has 4 bridgehead atoms. The molecule has 0 heterocycles. The van der Waals surface area contributed by atoms with Crippen LogP contribution in [0, 0.1) is 45.8 Å². The van der Waals surface area contributed by atoms with E-state index < -0.39 is 22.2 Å². The minimum atomic E-state index is -1.09. The van der Waals surface area contributed by atoms with Gasteiger partial charge in [-0.05, 0) is 55.3 Å². The first-order valence-corrected chi connectivity index (χ1v) is 12.8. The van der Waals surface area contributed by atoms with Crippen LogP contribution in [0.2, 0.25) is 0 Å². The standard InChI is InChI=1S/C27H42O4/c1-5-6-7-8-9-12-31-17-26-15-21-19(4)10-11-22(21)25(16-28)14-20(26)13-23(18(2)3)27(25,26)24(29)30/h13,16,18-22H,5-12,14-15,17H2,1-4H3,(H,29,30)/t19-,20+,21-,22-,25+,26+,27+/m0/s1. The zero-order valence-corrected chi connectivity index (χ0v) is 20.0. The van der Waals surface area contributed by atoms with Crippen molar-refractivity contribution in [1.82, 2.24) is 0 Å². The van der Waals surface area contributed by atoms with Crippen LogP contribution < -0.4 is 0 Å². The molecule has 4 aliphatic rings. The topological polar surface area (TPSA) is 63.6 Å². The molecule has 1 N–H and O–H groups in total. The predicted molar refractivity (Wildman–Crippen MR) is 122 cm³/mol. The molecule has 4 aliphatic carbocycles. The van der Waals surface area contributed by atoms with Crippen molar-refractivity contribution in [3.05, 3.63) is 11.6 Å². The maximum atomic E-state index is 13.3. The minimum Gasteiger partial charge on any atom is -0.481 e. The van der Waals surface area contributed by atoms with Crippen LogP contribution in [0.25, 0.3) is 0 Å². The second-order valence-corrected chi connectivity index (χ2v) is 11.5. The van der Waals surface area contributed by atoms with Crippen molar-refractivity contribution in [2.75, 3.05) is 13.2 Å². The summed E-state index contributed by atoms with van der Waals surface area (Å²) < 4.78 is 6.32. The number of fused-ring (bicyclic) bond motifs is 2. The van der Waals surface area contributed by atoms with Crippen LogP contribution in [0.5, 0.6) is 0 Å². The van der Waals surface area contributed by atoms with Crippen molar-refractivity contribution in [1.29, 1.82) is 0 Å². The number of carbonyl (C=O) groups excluding carboxylic acids is 1. The van der Waals surface area contributed by atoms with Gasteiger partial charge in [0.05, 0.1) is 12.0 Å². The number of carbonyl (C=O) groups is 2. The zero-order chi connectivity index (χ0) is 22.4. The summed E-state index contributed by atoms with van der Waals surface area (Å²) in [6.45, 7) is 9.90. The van der Waals surface area contributed by atoms with Gasteiger partial charge >= 0.3 is 5.97 Å². The van der Waals surface area contributed by atoms with E-state index in [2.05, 4.69) is 33.8 Å². The first kappa shape index (κ1) is 23.0. The molecule has 0 aromatic carbocycles. The van der Waals surface area contributed by atoms with Gasteiger partial charge in [0.15, 0.2) is 0 Å². The third-order valence-corrected chi connectivity index (χ3v) is 9.87. The number of rotatable bonds is 11. The van der Waals surface area contributed by atoms with Crippen molar-refractivity contribution in [2.24, 2.45) is 45.8 Å². The second kappa shape index (κ2) is 8.32. The highest BCUT2D eigenvalue weighted by Gasteiger charge is 2.84. The largest absolute Gasteiger partial charge is 0.481 e. The Morgan fingerprint density at radius 2 is 1.97 bits per heavy atom. The van der Waals surface area contributed by atoms with E-state index in [0.29, 0.717) is 31.5 Å². The highest BCUT2D eigenvalue weighted by molar-refractivity contribution is 5.90. The highest BCUT2D eigenvalue weighted by Crippen LogP contribution is 2.82. The Hall–Kier alpha value is -1.16. The maximum Gasteiger partial charge on any atom is 0.315 e. The summed E-state index contributed by atoms with van der Waals surface area (Å²) in [7, 11) is 0. The fraction of sp³-hybridized carbons (Fsp3) is 0.852. The van der Waals surface area contributed by atoms with E-state index in [4.69, 9.17) is 4.74 Å². The molecule has 0 unspecified atom stereocenters. The van der Waals surface area contributed by atoms with E-state index in [9.17, 15) is 14.7 Å². The van der Waals surface area contributed by atoms with Gasteiger partial charge in [-0.1, -0.05) is 71.4 Å². The predicted octanol–water partition coefficient (Wildman–Crippen LogP) is 5.90. The van der Waals surface area contributed by atoms with E-state index in [1.54, 1.807) is 0 Å². The summed E-state index contributed by atoms with van der Waals surface area (Å²) in [5.74, 6) is 0.697. The van der Waals surface area contributed by atoms with Crippen LogP contribution in [0.15, 0.2) is 11.6 Å². The maximum absolute atomic E-state index is 13.3. The lowest BCUT2D eigenvalue weighted by atomic mass is 9.43. The minimum absolute atomic E-state index is 0.129. The van der Waals surface area contributed by atoms with Crippen LogP contribution in [0.4, 0.5) is 0 Å². The number of ether oxygens (including phenoxy) is 1. The summed E-state index contributed by atoms with van der Waals surface area (Å²) in [4.78, 5) is 26.2. The number of unbranched alkanes of at least 4 members (excludes halogenated alkanes) is 4. The average Bonchev–Trinajstić information content (AvgIpc) is 3.30. The number of allylic oxidation sites excluding steroid dienone is 1. The van der Waals surface area contributed by atoms with Gasteiger partial charge in [0.1, 0.15) is 11.7 Å². The van der Waals surface area contributed by atoms with Gasteiger partial charge < -0.3 is 14.6 Å². The molecule has 0 aromatic rings. The Bertz CT molecular complexity index is 742. The van der Waals surface area contributed by atoms with Gasteiger partial charge in [0.2, 0.25) is 0 Å². The van der Waals surface area contributed by atoms with Gasteiger partial charge in [-0.2, -0.15) is 0 Å². The lowest BCUT2D eigenvalue weighted by Gasteiger charge is -2.58. The first-order valence-electron chi connectivity index (χ1n) is 12.8. The van der Waals surface area contributed by atoms with Gasteiger partial charge in [-0.25, -0.2) is 0 Å². The van der Waals surface area contributed by atoms with Crippen molar-refractivity contribution < 1.29 is 19.4 Å². The monoisotopic (exact) mass is 430 g/mol. The Morgan fingerprint density at radius 1 is 1.23 bits per heavy atom. The number of aliphatic carboxylic acids is 1. The lowest BCUT2D eigenvalue weighted by molar-refractivity contribution is -0.186. The van der Waals surface area contributed by atoms with E-state index in [1.165, 1.54) is 25.7 Å². The molecule has 174 valence electrons. The zero-order valence-electron chi connectivity index (χ0n) is 20.0. The average molecular weight is 431 g/mol. The molecule has 0 spiro atoms. The quantitative estimate of drug-likeness (QED) is 0.252. The number of hydrogen-bond acceptors (Lipinski definition) is 3. The van der Waals surface area contributed by atoms with Crippen molar-refractivity contribution in [3.8, 4) is 0 Å². The smallest absolute Gasteiger partial charge is 0.315 e. The fourth-order valence-electron chi connectivity index (χ4n) is 8.70. The van der Waals surface area contributed by atoms with Crippen LogP contribution in [0.1, 0.15) is 85.5 Å². The molecule has 4 heteroatoms. The molecule has 0 radical (unpaired) electrons. The molecular formula is C27H42O4. The van der Waals surface area contributed by atoms with Crippen molar-refractivity contribution in [3.63, 3.8) is 0 Å². The summed E-state index contributed by atoms with van der Waals surface area (Å²) in [5.41, 5.74) is -1.32. The number of aldehydes is 1. The Balaban J connectivity index is 1.69. The van der Waals surface area contributed by atoms with E-state index in [1.807, 2.05) is 0 Å². The molecule has 4 nitrogen and oxygen atoms in total. The van der Waals surface area contributed by atoms with E-state index in [-0.39, 0.29) is 17.8 Å². The van der Waals surface area contributed by atoms with E-state index in [0.717, 1.165) is 37.5 Å². The first-order chi connectivity index (χ1) is 14.8. The van der Waals surface area contributed by atoms with E-state index >= 15 is 0 Å². The summed E-state index contributed by atoms with van der Waals surface area (Å²) in [6.07, 6.45) is 13.0. The molecule has 0 saturated heterocycles. The lowest BCUT2D eigenvalue weighted by Crippen LogP contribution is -2.63. The fourth-order valence-corrected chi connectivity index (χ4v) is 8.70. The summed E-state index contributed by atoms with van der Waals surface area (Å²) in [5, 5.41) is 10.9. The normalized spacial score (nSPS) is 42.7. The molecule has 0 amide bonds. The molecule has 0 aromatic heterocycles. The molecule has 31 heavy (non-hydrogen) atoms. The van der Waals surface area contributed by atoms with Crippen LogP contribution in [0.3, 0.4) is 0 Å². The Kier molecular flexibility index (Phi) is 6.17. The molecule has 3 saturated carbocycles. The highest BCUT2D eigenvalue weighted by atomic mass is 16.5. The van der Waals surface area contributed by atoms with Crippen LogP contribution in [-0.2, 0) is 14.3 Å². The SMILES string of the molecule is CCCCCCCOC[C@]12C[C@H]3[C@@H](C)CC[C@@H]3[C@]3(C=O)C[C@H]1C=C(C(C)C)[C@]23C(=O)O.